The maximum atomic E-state index is 14.0. The monoisotopic (exact) mass is 511 g/mol. The SMILES string of the molecule is CCOc1cc(C(=O)N(Cc2cccnc2)c2nc3c(Cl)cccc3s2)cc(OCC)c1OCC. The number of carbonyl (C=O) groups excluding carboxylic acids is 1. The zero-order valence-corrected chi connectivity index (χ0v) is 21.4. The fourth-order valence-electron chi connectivity index (χ4n) is 3.59. The lowest BCUT2D eigenvalue weighted by Gasteiger charge is -2.22. The molecule has 2 heterocycles. The van der Waals surface area contributed by atoms with Gasteiger partial charge in [0.05, 0.1) is 36.1 Å². The molecule has 2 aromatic carbocycles. The fraction of sp³-hybridized carbons (Fsp3) is 0.269. The third kappa shape index (κ3) is 5.49. The van der Waals surface area contributed by atoms with Crippen molar-refractivity contribution in [3.63, 3.8) is 0 Å². The molecule has 0 atom stereocenters. The summed E-state index contributed by atoms with van der Waals surface area (Å²) in [4.78, 5) is 24.5. The van der Waals surface area contributed by atoms with Crippen LogP contribution < -0.4 is 19.1 Å². The number of hydrogen-bond acceptors (Lipinski definition) is 7. The minimum absolute atomic E-state index is 0.256. The Hall–Kier alpha value is -3.36. The Labute approximate surface area is 213 Å². The van der Waals surface area contributed by atoms with Gasteiger partial charge >= 0.3 is 0 Å². The summed E-state index contributed by atoms with van der Waals surface area (Å²) in [5.41, 5.74) is 1.93. The van der Waals surface area contributed by atoms with Crippen molar-refractivity contribution in [1.82, 2.24) is 9.97 Å². The van der Waals surface area contributed by atoms with E-state index in [2.05, 4.69) is 4.98 Å². The van der Waals surface area contributed by atoms with Gasteiger partial charge in [-0.3, -0.25) is 14.7 Å². The number of ether oxygens (including phenoxy) is 3. The standard InChI is InChI=1S/C26H26ClN3O4S/c1-4-32-20-13-18(14-21(33-5-2)24(20)34-6-3)25(31)30(16-17-9-8-12-28-15-17)26-29-23-19(27)10-7-11-22(23)35-26/h7-15H,4-6,16H2,1-3H3. The average molecular weight is 512 g/mol. The highest BCUT2D eigenvalue weighted by Gasteiger charge is 2.26. The van der Waals surface area contributed by atoms with E-state index in [1.54, 1.807) is 35.5 Å². The first-order valence-electron chi connectivity index (χ1n) is 11.4. The van der Waals surface area contributed by atoms with Gasteiger partial charge in [0.15, 0.2) is 16.6 Å². The van der Waals surface area contributed by atoms with Gasteiger partial charge in [-0.1, -0.05) is 35.1 Å². The summed E-state index contributed by atoms with van der Waals surface area (Å²) in [6.45, 7) is 7.20. The second-order valence-corrected chi connectivity index (χ2v) is 8.85. The van der Waals surface area contributed by atoms with E-state index < -0.39 is 0 Å². The van der Waals surface area contributed by atoms with Crippen molar-refractivity contribution in [2.24, 2.45) is 0 Å². The zero-order valence-electron chi connectivity index (χ0n) is 19.8. The van der Waals surface area contributed by atoms with Gasteiger partial charge in [0.2, 0.25) is 5.75 Å². The molecule has 4 aromatic rings. The molecule has 1 amide bonds. The molecule has 0 saturated carbocycles. The maximum absolute atomic E-state index is 14.0. The first-order chi connectivity index (χ1) is 17.0. The molecule has 0 N–H and O–H groups in total. The average Bonchev–Trinajstić information content (AvgIpc) is 3.30. The molecule has 0 bridgehead atoms. The molecule has 4 rings (SSSR count). The van der Waals surface area contributed by atoms with Crippen LogP contribution in [0.1, 0.15) is 36.7 Å². The van der Waals surface area contributed by atoms with Crippen molar-refractivity contribution in [2.45, 2.75) is 27.3 Å². The Kier molecular flexibility index (Phi) is 8.05. The van der Waals surface area contributed by atoms with Crippen LogP contribution in [0.5, 0.6) is 17.2 Å². The Balaban J connectivity index is 1.82. The molecule has 182 valence electrons. The van der Waals surface area contributed by atoms with Crippen molar-refractivity contribution in [1.29, 1.82) is 0 Å². The summed E-state index contributed by atoms with van der Waals surface area (Å²) in [7, 11) is 0. The number of fused-ring (bicyclic) bond motifs is 1. The van der Waals surface area contributed by atoms with Crippen LogP contribution in [0.4, 0.5) is 5.13 Å². The van der Waals surface area contributed by atoms with E-state index in [1.165, 1.54) is 11.3 Å². The largest absolute Gasteiger partial charge is 0.490 e. The van der Waals surface area contributed by atoms with Crippen LogP contribution in [-0.4, -0.2) is 35.7 Å². The summed E-state index contributed by atoms with van der Waals surface area (Å²) in [6.07, 6.45) is 3.43. The number of carbonyl (C=O) groups is 1. The Morgan fingerprint density at radius 2 is 1.71 bits per heavy atom. The van der Waals surface area contributed by atoms with Gasteiger partial charge in [-0.15, -0.1) is 0 Å². The van der Waals surface area contributed by atoms with E-state index in [-0.39, 0.29) is 12.5 Å². The van der Waals surface area contributed by atoms with Crippen LogP contribution in [-0.2, 0) is 6.54 Å². The first kappa shape index (κ1) is 24.8. The Morgan fingerprint density at radius 3 is 2.31 bits per heavy atom. The van der Waals surface area contributed by atoms with Crippen molar-refractivity contribution in [3.05, 3.63) is 71.0 Å². The summed E-state index contributed by atoms with van der Waals surface area (Å²) < 4.78 is 18.3. The Bertz CT molecular complexity index is 1290. The molecule has 0 fully saturated rings. The second kappa shape index (κ2) is 11.4. The lowest BCUT2D eigenvalue weighted by Crippen LogP contribution is -2.30. The molecule has 35 heavy (non-hydrogen) atoms. The van der Waals surface area contributed by atoms with Gasteiger partial charge in [0.1, 0.15) is 5.52 Å². The third-order valence-corrected chi connectivity index (χ3v) is 6.40. The molecule has 9 heteroatoms. The molecular weight excluding hydrogens is 486 g/mol. The number of thiazole rings is 1. The summed E-state index contributed by atoms with van der Waals surface area (Å²) in [5, 5.41) is 1.07. The summed E-state index contributed by atoms with van der Waals surface area (Å²) in [6, 6.07) is 12.7. The van der Waals surface area contributed by atoms with Gasteiger partial charge in [-0.05, 0) is 56.7 Å². The van der Waals surface area contributed by atoms with Gasteiger partial charge in [0, 0.05) is 18.0 Å². The number of benzene rings is 2. The highest BCUT2D eigenvalue weighted by molar-refractivity contribution is 7.22. The molecular formula is C26H26ClN3O4S. The number of aromatic nitrogens is 2. The minimum Gasteiger partial charge on any atom is -0.490 e. The van der Waals surface area contributed by atoms with Crippen LogP contribution in [0.15, 0.2) is 54.9 Å². The van der Waals surface area contributed by atoms with Crippen molar-refractivity contribution >= 4 is 44.2 Å². The molecule has 7 nitrogen and oxygen atoms in total. The summed E-state index contributed by atoms with van der Waals surface area (Å²) >= 11 is 7.78. The number of amides is 1. The highest BCUT2D eigenvalue weighted by Crippen LogP contribution is 2.40. The smallest absolute Gasteiger partial charge is 0.260 e. The number of nitrogens with zero attached hydrogens (tertiary/aromatic N) is 3. The Morgan fingerprint density at radius 1 is 1.00 bits per heavy atom. The predicted molar refractivity (Wildman–Crippen MR) is 139 cm³/mol. The number of anilines is 1. The van der Waals surface area contributed by atoms with E-state index >= 15 is 0 Å². The molecule has 0 aliphatic carbocycles. The highest BCUT2D eigenvalue weighted by atomic mass is 35.5. The van der Waals surface area contributed by atoms with Crippen LogP contribution in [0.2, 0.25) is 5.02 Å². The lowest BCUT2D eigenvalue weighted by molar-refractivity contribution is 0.0984. The minimum atomic E-state index is -0.256. The van der Waals surface area contributed by atoms with E-state index in [9.17, 15) is 4.79 Å². The van der Waals surface area contributed by atoms with Gasteiger partial charge in [0.25, 0.3) is 5.91 Å². The molecule has 0 aliphatic heterocycles. The fourth-order valence-corrected chi connectivity index (χ4v) is 4.85. The van der Waals surface area contributed by atoms with Crippen molar-refractivity contribution in [2.75, 3.05) is 24.7 Å². The van der Waals surface area contributed by atoms with E-state index in [0.29, 0.717) is 58.3 Å². The molecule has 0 spiro atoms. The van der Waals surface area contributed by atoms with Crippen LogP contribution in [0.25, 0.3) is 10.2 Å². The number of hydrogen-bond donors (Lipinski definition) is 0. The third-order valence-electron chi connectivity index (χ3n) is 5.05. The number of pyridine rings is 1. The van der Waals surface area contributed by atoms with E-state index in [0.717, 1.165) is 10.3 Å². The normalized spacial score (nSPS) is 10.9. The molecule has 0 unspecified atom stereocenters. The quantitative estimate of drug-likeness (QED) is 0.246. The molecule has 0 radical (unpaired) electrons. The zero-order chi connectivity index (χ0) is 24.8. The molecule has 0 aliphatic rings. The molecule has 0 saturated heterocycles. The van der Waals surface area contributed by atoms with Crippen LogP contribution >= 0.6 is 22.9 Å². The first-order valence-corrected chi connectivity index (χ1v) is 12.6. The summed E-state index contributed by atoms with van der Waals surface area (Å²) in [5.74, 6) is 1.14. The van der Waals surface area contributed by atoms with Crippen molar-refractivity contribution < 1.29 is 19.0 Å². The maximum Gasteiger partial charge on any atom is 0.260 e. The number of halogens is 1. The van der Waals surface area contributed by atoms with Gasteiger partial charge in [-0.2, -0.15) is 0 Å². The topological polar surface area (TPSA) is 73.8 Å². The lowest BCUT2D eigenvalue weighted by atomic mass is 10.1. The van der Waals surface area contributed by atoms with Crippen LogP contribution in [0, 0.1) is 0 Å². The van der Waals surface area contributed by atoms with Gasteiger partial charge in [-0.25, -0.2) is 4.98 Å². The van der Waals surface area contributed by atoms with Gasteiger partial charge < -0.3 is 14.2 Å². The van der Waals surface area contributed by atoms with E-state index in [4.69, 9.17) is 30.8 Å². The van der Waals surface area contributed by atoms with E-state index in [1.807, 2.05) is 45.0 Å². The number of rotatable bonds is 10. The van der Waals surface area contributed by atoms with Crippen LogP contribution in [0.3, 0.4) is 0 Å². The number of para-hydroxylation sites is 1. The predicted octanol–water partition coefficient (Wildman–Crippen LogP) is 6.39. The second-order valence-electron chi connectivity index (χ2n) is 7.44. The molecule has 2 aromatic heterocycles. The van der Waals surface area contributed by atoms with Crippen molar-refractivity contribution in [3.8, 4) is 17.2 Å².